The fraction of sp³-hybridized carbons (Fsp3) is 0.600. The van der Waals surface area contributed by atoms with E-state index in [4.69, 9.17) is 4.74 Å². The molecule has 1 aromatic rings. The van der Waals surface area contributed by atoms with E-state index in [1.165, 1.54) is 37.9 Å². The summed E-state index contributed by atoms with van der Waals surface area (Å²) in [6, 6.07) is 6.14. The fourth-order valence-electron chi connectivity index (χ4n) is 2.58. The van der Waals surface area contributed by atoms with Crippen molar-refractivity contribution in [2.45, 2.75) is 25.8 Å². The Morgan fingerprint density at radius 3 is 3.11 bits per heavy atom. The van der Waals surface area contributed by atoms with Gasteiger partial charge in [-0.1, -0.05) is 15.9 Å². The zero-order chi connectivity index (χ0) is 13.5. The van der Waals surface area contributed by atoms with Crippen LogP contribution in [0.4, 0.5) is 0 Å². The standard InChI is InChI=1S/C15H23BrN2O/c1-19-15-5-4-14(16)9-13(15)11-18-8-6-12-3-2-7-17-10-12/h4-5,9,12,17-18H,2-3,6-8,10-11H2,1H3. The van der Waals surface area contributed by atoms with Gasteiger partial charge in [0.25, 0.3) is 0 Å². The Morgan fingerprint density at radius 1 is 1.47 bits per heavy atom. The van der Waals surface area contributed by atoms with Crippen LogP contribution in [0.2, 0.25) is 0 Å². The molecule has 1 fully saturated rings. The maximum Gasteiger partial charge on any atom is 0.123 e. The van der Waals surface area contributed by atoms with Crippen LogP contribution in [0.15, 0.2) is 22.7 Å². The summed E-state index contributed by atoms with van der Waals surface area (Å²) >= 11 is 3.51. The number of piperidine rings is 1. The number of nitrogens with one attached hydrogen (secondary N) is 2. The molecular formula is C15H23BrN2O. The largest absolute Gasteiger partial charge is 0.496 e. The summed E-state index contributed by atoms with van der Waals surface area (Å²) in [4.78, 5) is 0. The second-order valence-electron chi connectivity index (χ2n) is 5.13. The lowest BCUT2D eigenvalue weighted by Gasteiger charge is -2.22. The Labute approximate surface area is 124 Å². The Morgan fingerprint density at radius 2 is 2.37 bits per heavy atom. The van der Waals surface area contributed by atoms with Crippen molar-refractivity contribution in [3.8, 4) is 5.75 Å². The highest BCUT2D eigenvalue weighted by Gasteiger charge is 2.12. The van der Waals surface area contributed by atoms with E-state index in [9.17, 15) is 0 Å². The third-order valence-electron chi connectivity index (χ3n) is 3.69. The summed E-state index contributed by atoms with van der Waals surface area (Å²) in [5.41, 5.74) is 1.21. The van der Waals surface area contributed by atoms with Crippen LogP contribution in [0.5, 0.6) is 5.75 Å². The number of methoxy groups -OCH3 is 1. The molecule has 0 spiro atoms. The summed E-state index contributed by atoms with van der Waals surface area (Å²) in [6.45, 7) is 4.31. The summed E-state index contributed by atoms with van der Waals surface area (Å²) in [5.74, 6) is 1.79. The molecule has 2 rings (SSSR count). The van der Waals surface area contributed by atoms with Gasteiger partial charge in [-0.25, -0.2) is 0 Å². The number of hydrogen-bond acceptors (Lipinski definition) is 3. The van der Waals surface area contributed by atoms with Crippen LogP contribution < -0.4 is 15.4 Å². The van der Waals surface area contributed by atoms with Crippen molar-refractivity contribution in [1.29, 1.82) is 0 Å². The van der Waals surface area contributed by atoms with Gasteiger partial charge < -0.3 is 15.4 Å². The molecule has 0 bridgehead atoms. The van der Waals surface area contributed by atoms with Crippen LogP contribution in [0.1, 0.15) is 24.8 Å². The molecule has 1 heterocycles. The minimum absolute atomic E-state index is 0.839. The molecule has 106 valence electrons. The van der Waals surface area contributed by atoms with E-state index in [2.05, 4.69) is 32.6 Å². The maximum atomic E-state index is 5.38. The van der Waals surface area contributed by atoms with Crippen LogP contribution in [-0.2, 0) is 6.54 Å². The molecule has 0 aliphatic carbocycles. The van der Waals surface area contributed by atoms with E-state index >= 15 is 0 Å². The Balaban J connectivity index is 1.74. The quantitative estimate of drug-likeness (QED) is 0.788. The first kappa shape index (κ1) is 14.8. The van der Waals surface area contributed by atoms with Crippen LogP contribution in [0.3, 0.4) is 0 Å². The van der Waals surface area contributed by atoms with Crippen LogP contribution in [-0.4, -0.2) is 26.7 Å². The normalized spacial score (nSPS) is 19.4. The van der Waals surface area contributed by atoms with E-state index in [-0.39, 0.29) is 0 Å². The van der Waals surface area contributed by atoms with Crippen LogP contribution in [0.25, 0.3) is 0 Å². The Bertz CT molecular complexity index is 392. The zero-order valence-corrected chi connectivity index (χ0v) is 13.1. The van der Waals surface area contributed by atoms with Gasteiger partial charge in [-0.15, -0.1) is 0 Å². The minimum Gasteiger partial charge on any atom is -0.496 e. The molecule has 1 aliphatic rings. The van der Waals surface area contributed by atoms with Crippen molar-refractivity contribution in [2.75, 3.05) is 26.7 Å². The van der Waals surface area contributed by atoms with Crippen molar-refractivity contribution in [3.05, 3.63) is 28.2 Å². The first-order valence-corrected chi connectivity index (χ1v) is 7.82. The van der Waals surface area contributed by atoms with Gasteiger partial charge in [0.05, 0.1) is 7.11 Å². The molecule has 1 saturated heterocycles. The smallest absolute Gasteiger partial charge is 0.123 e. The first-order valence-electron chi connectivity index (χ1n) is 7.03. The number of benzene rings is 1. The molecule has 0 amide bonds. The predicted molar refractivity (Wildman–Crippen MR) is 82.6 cm³/mol. The van der Waals surface area contributed by atoms with E-state index < -0.39 is 0 Å². The SMILES string of the molecule is COc1ccc(Br)cc1CNCCC1CCCNC1. The van der Waals surface area contributed by atoms with Gasteiger partial charge >= 0.3 is 0 Å². The molecule has 19 heavy (non-hydrogen) atoms. The van der Waals surface area contributed by atoms with Gasteiger partial charge in [0.1, 0.15) is 5.75 Å². The van der Waals surface area contributed by atoms with Gasteiger partial charge in [-0.05, 0) is 63.0 Å². The molecule has 1 unspecified atom stereocenters. The molecule has 4 heteroatoms. The van der Waals surface area contributed by atoms with Crippen molar-refractivity contribution < 1.29 is 4.74 Å². The second-order valence-corrected chi connectivity index (χ2v) is 6.05. The molecular weight excluding hydrogens is 304 g/mol. The van der Waals surface area contributed by atoms with Crippen molar-refractivity contribution in [3.63, 3.8) is 0 Å². The fourth-order valence-corrected chi connectivity index (χ4v) is 2.99. The summed E-state index contributed by atoms with van der Waals surface area (Å²) in [5, 5.41) is 6.99. The van der Waals surface area contributed by atoms with E-state index in [1.54, 1.807) is 7.11 Å². The maximum absolute atomic E-state index is 5.38. The van der Waals surface area contributed by atoms with Gasteiger partial charge in [0.15, 0.2) is 0 Å². The highest BCUT2D eigenvalue weighted by molar-refractivity contribution is 9.10. The number of hydrogen-bond donors (Lipinski definition) is 2. The summed E-state index contributed by atoms with van der Waals surface area (Å²) in [7, 11) is 1.72. The molecule has 2 N–H and O–H groups in total. The molecule has 1 aliphatic heterocycles. The molecule has 3 nitrogen and oxygen atoms in total. The van der Waals surface area contributed by atoms with E-state index in [0.717, 1.165) is 29.2 Å². The monoisotopic (exact) mass is 326 g/mol. The third-order valence-corrected chi connectivity index (χ3v) is 4.18. The lowest BCUT2D eigenvalue weighted by atomic mass is 9.96. The third kappa shape index (κ3) is 4.79. The lowest BCUT2D eigenvalue weighted by Crippen LogP contribution is -2.31. The Hall–Kier alpha value is -0.580. The van der Waals surface area contributed by atoms with Gasteiger partial charge in [-0.2, -0.15) is 0 Å². The van der Waals surface area contributed by atoms with Crippen molar-refractivity contribution in [2.24, 2.45) is 5.92 Å². The molecule has 1 atom stereocenters. The van der Waals surface area contributed by atoms with Gasteiger partial charge in [-0.3, -0.25) is 0 Å². The summed E-state index contributed by atoms with van der Waals surface area (Å²) in [6.07, 6.45) is 3.95. The number of rotatable bonds is 6. The molecule has 0 radical (unpaired) electrons. The van der Waals surface area contributed by atoms with Crippen molar-refractivity contribution in [1.82, 2.24) is 10.6 Å². The number of halogens is 1. The van der Waals surface area contributed by atoms with Crippen molar-refractivity contribution >= 4 is 15.9 Å². The summed E-state index contributed by atoms with van der Waals surface area (Å²) < 4.78 is 6.48. The van der Waals surface area contributed by atoms with Gasteiger partial charge in [0, 0.05) is 16.6 Å². The molecule has 0 saturated carbocycles. The predicted octanol–water partition coefficient (Wildman–Crippen LogP) is 2.94. The van der Waals surface area contributed by atoms with E-state index in [1.807, 2.05) is 12.1 Å². The van der Waals surface area contributed by atoms with E-state index in [0.29, 0.717) is 0 Å². The van der Waals surface area contributed by atoms with Crippen LogP contribution in [0, 0.1) is 5.92 Å². The number of ether oxygens (including phenoxy) is 1. The minimum atomic E-state index is 0.839. The second kappa shape index (κ2) is 7.88. The topological polar surface area (TPSA) is 33.3 Å². The Kier molecular flexibility index (Phi) is 6.14. The van der Waals surface area contributed by atoms with Gasteiger partial charge in [0.2, 0.25) is 0 Å². The lowest BCUT2D eigenvalue weighted by molar-refractivity contribution is 0.351. The average molecular weight is 327 g/mol. The first-order chi connectivity index (χ1) is 9.29. The average Bonchev–Trinajstić information content (AvgIpc) is 2.45. The molecule has 1 aromatic carbocycles. The highest BCUT2D eigenvalue weighted by Crippen LogP contribution is 2.22. The highest BCUT2D eigenvalue weighted by atomic mass is 79.9. The zero-order valence-electron chi connectivity index (χ0n) is 11.5. The molecule has 0 aromatic heterocycles. The van der Waals surface area contributed by atoms with Crippen LogP contribution >= 0.6 is 15.9 Å².